The number of ether oxygens (including phenoxy) is 1. The first kappa shape index (κ1) is 8.85. The smallest absolute Gasteiger partial charge is 0.144 e. The van der Waals surface area contributed by atoms with Crippen LogP contribution >= 0.6 is 11.6 Å². The van der Waals surface area contributed by atoms with Crippen molar-refractivity contribution in [1.29, 1.82) is 0 Å². The van der Waals surface area contributed by atoms with Gasteiger partial charge in [0.1, 0.15) is 18.0 Å². The minimum absolute atomic E-state index is 0.200. The summed E-state index contributed by atoms with van der Waals surface area (Å²) in [6, 6.07) is 3.75. The molecule has 0 radical (unpaired) electrons. The number of halogens is 1. The van der Waals surface area contributed by atoms with Crippen LogP contribution in [-0.4, -0.2) is 11.2 Å². The first-order chi connectivity index (χ1) is 6.09. The van der Waals surface area contributed by atoms with Gasteiger partial charge < -0.3 is 9.84 Å². The van der Waals surface area contributed by atoms with Gasteiger partial charge in [-0.25, -0.2) is 0 Å². The standard InChI is InChI=1S/C10H11ClO2/c1-5-3-7-9(12)6(2)13-10(7)8(11)4-5/h3-4,6,9,12H,1-2H3. The number of hydrogen-bond acceptors (Lipinski definition) is 2. The molecule has 0 saturated heterocycles. The highest BCUT2D eigenvalue weighted by atomic mass is 35.5. The molecule has 1 N–H and O–H groups in total. The van der Waals surface area contributed by atoms with Crippen LogP contribution in [0.4, 0.5) is 0 Å². The lowest BCUT2D eigenvalue weighted by Crippen LogP contribution is -2.12. The summed E-state index contributed by atoms with van der Waals surface area (Å²) in [5.41, 5.74) is 1.85. The zero-order valence-electron chi connectivity index (χ0n) is 7.54. The highest BCUT2D eigenvalue weighted by Crippen LogP contribution is 2.42. The zero-order chi connectivity index (χ0) is 9.59. The van der Waals surface area contributed by atoms with Gasteiger partial charge in [0.05, 0.1) is 5.02 Å². The Morgan fingerprint density at radius 2 is 2.15 bits per heavy atom. The van der Waals surface area contributed by atoms with Crippen molar-refractivity contribution in [3.8, 4) is 5.75 Å². The summed E-state index contributed by atoms with van der Waals surface area (Å²) in [6.07, 6.45) is -0.748. The summed E-state index contributed by atoms with van der Waals surface area (Å²) >= 11 is 5.97. The van der Waals surface area contributed by atoms with E-state index in [-0.39, 0.29) is 6.10 Å². The van der Waals surface area contributed by atoms with E-state index in [9.17, 15) is 5.11 Å². The fourth-order valence-electron chi connectivity index (χ4n) is 1.60. The normalized spacial score (nSPS) is 25.5. The monoisotopic (exact) mass is 198 g/mol. The quantitative estimate of drug-likeness (QED) is 0.694. The predicted molar refractivity (Wildman–Crippen MR) is 51.2 cm³/mol. The minimum atomic E-state index is -0.549. The van der Waals surface area contributed by atoms with Gasteiger partial charge in [-0.05, 0) is 31.5 Å². The molecule has 2 unspecified atom stereocenters. The van der Waals surface area contributed by atoms with Crippen molar-refractivity contribution < 1.29 is 9.84 Å². The van der Waals surface area contributed by atoms with Crippen LogP contribution in [0.1, 0.15) is 24.2 Å². The summed E-state index contributed by atoms with van der Waals surface area (Å²) in [7, 11) is 0. The van der Waals surface area contributed by atoms with Gasteiger partial charge in [0.25, 0.3) is 0 Å². The molecule has 1 aliphatic rings. The number of aliphatic hydroxyl groups excluding tert-OH is 1. The fourth-order valence-corrected chi connectivity index (χ4v) is 1.93. The maximum atomic E-state index is 9.72. The van der Waals surface area contributed by atoms with Gasteiger partial charge in [-0.15, -0.1) is 0 Å². The molecule has 0 saturated carbocycles. The third kappa shape index (κ3) is 1.30. The molecule has 1 aromatic carbocycles. The lowest BCUT2D eigenvalue weighted by Gasteiger charge is -2.06. The summed E-state index contributed by atoms with van der Waals surface area (Å²) in [6.45, 7) is 3.78. The molecule has 2 rings (SSSR count). The van der Waals surface area contributed by atoms with Gasteiger partial charge in [0.2, 0.25) is 0 Å². The average Bonchev–Trinajstić information content (AvgIpc) is 2.32. The second-order valence-corrected chi connectivity index (χ2v) is 3.84. The Balaban J connectivity index is 2.57. The molecule has 13 heavy (non-hydrogen) atoms. The molecule has 2 atom stereocenters. The Bertz CT molecular complexity index is 349. The number of aliphatic hydroxyl groups is 1. The number of rotatable bonds is 0. The molecule has 0 aliphatic carbocycles. The molecular formula is C10H11ClO2. The van der Waals surface area contributed by atoms with Crippen molar-refractivity contribution in [1.82, 2.24) is 0 Å². The van der Waals surface area contributed by atoms with Crippen molar-refractivity contribution in [2.75, 3.05) is 0 Å². The SMILES string of the molecule is Cc1cc(Cl)c2c(c1)C(O)C(C)O2. The first-order valence-corrected chi connectivity index (χ1v) is 4.62. The summed E-state index contributed by atoms with van der Waals surface area (Å²) in [5.74, 6) is 0.632. The van der Waals surface area contributed by atoms with Gasteiger partial charge in [0.15, 0.2) is 0 Å². The summed E-state index contributed by atoms with van der Waals surface area (Å²) in [4.78, 5) is 0. The first-order valence-electron chi connectivity index (χ1n) is 4.24. The van der Waals surface area contributed by atoms with E-state index in [1.54, 1.807) is 0 Å². The number of hydrogen-bond donors (Lipinski definition) is 1. The molecule has 1 aliphatic heterocycles. The summed E-state index contributed by atoms with van der Waals surface area (Å²) in [5, 5.41) is 10.3. The van der Waals surface area contributed by atoms with E-state index in [0.29, 0.717) is 10.8 Å². The molecule has 3 heteroatoms. The van der Waals surface area contributed by atoms with Crippen LogP contribution in [0.2, 0.25) is 5.02 Å². The van der Waals surface area contributed by atoms with Gasteiger partial charge in [-0.1, -0.05) is 11.6 Å². The third-order valence-corrected chi connectivity index (χ3v) is 2.56. The molecule has 1 heterocycles. The second-order valence-electron chi connectivity index (χ2n) is 3.43. The molecular weight excluding hydrogens is 188 g/mol. The summed E-state index contributed by atoms with van der Waals surface area (Å²) < 4.78 is 5.42. The van der Waals surface area contributed by atoms with Crippen molar-refractivity contribution in [2.45, 2.75) is 26.1 Å². The van der Waals surface area contributed by atoms with Crippen LogP contribution in [0.15, 0.2) is 12.1 Å². The Morgan fingerprint density at radius 3 is 2.85 bits per heavy atom. The van der Waals surface area contributed by atoms with E-state index in [1.165, 1.54) is 0 Å². The number of aryl methyl sites for hydroxylation is 1. The Hall–Kier alpha value is -0.730. The molecule has 0 fully saturated rings. The highest BCUT2D eigenvalue weighted by molar-refractivity contribution is 6.32. The molecule has 1 aromatic rings. The minimum Gasteiger partial charge on any atom is -0.486 e. The Labute approximate surface area is 82.1 Å². The van der Waals surface area contributed by atoms with Gasteiger partial charge in [0, 0.05) is 5.56 Å². The van der Waals surface area contributed by atoms with Gasteiger partial charge in [-0.2, -0.15) is 0 Å². The second kappa shape index (κ2) is 2.89. The molecule has 0 spiro atoms. The van der Waals surface area contributed by atoms with Crippen LogP contribution in [-0.2, 0) is 0 Å². The molecule has 2 nitrogen and oxygen atoms in total. The van der Waals surface area contributed by atoms with Crippen molar-refractivity contribution in [3.05, 3.63) is 28.3 Å². The van der Waals surface area contributed by atoms with E-state index in [2.05, 4.69) is 0 Å². The van der Waals surface area contributed by atoms with Crippen LogP contribution in [0.25, 0.3) is 0 Å². The van der Waals surface area contributed by atoms with Crippen LogP contribution in [0, 0.1) is 6.92 Å². The van der Waals surface area contributed by atoms with Crippen LogP contribution in [0.3, 0.4) is 0 Å². The van der Waals surface area contributed by atoms with Crippen molar-refractivity contribution in [3.63, 3.8) is 0 Å². The topological polar surface area (TPSA) is 29.5 Å². The Kier molecular flexibility index (Phi) is 1.97. The lowest BCUT2D eigenvalue weighted by atomic mass is 10.1. The lowest BCUT2D eigenvalue weighted by molar-refractivity contribution is 0.0796. The molecule has 0 bridgehead atoms. The van der Waals surface area contributed by atoms with E-state index in [1.807, 2.05) is 26.0 Å². The van der Waals surface area contributed by atoms with Crippen LogP contribution in [0.5, 0.6) is 5.75 Å². The molecule has 0 aromatic heterocycles. The van der Waals surface area contributed by atoms with Crippen LogP contribution < -0.4 is 4.74 Å². The average molecular weight is 199 g/mol. The number of benzene rings is 1. The zero-order valence-corrected chi connectivity index (χ0v) is 8.30. The van der Waals surface area contributed by atoms with E-state index >= 15 is 0 Å². The van der Waals surface area contributed by atoms with E-state index in [0.717, 1.165) is 11.1 Å². The number of fused-ring (bicyclic) bond motifs is 1. The van der Waals surface area contributed by atoms with E-state index < -0.39 is 6.10 Å². The highest BCUT2D eigenvalue weighted by Gasteiger charge is 2.31. The van der Waals surface area contributed by atoms with Crippen molar-refractivity contribution >= 4 is 11.6 Å². The molecule has 0 amide bonds. The maximum Gasteiger partial charge on any atom is 0.144 e. The molecule has 70 valence electrons. The van der Waals surface area contributed by atoms with Crippen molar-refractivity contribution in [2.24, 2.45) is 0 Å². The largest absolute Gasteiger partial charge is 0.486 e. The van der Waals surface area contributed by atoms with Gasteiger partial charge >= 0.3 is 0 Å². The Morgan fingerprint density at radius 1 is 1.46 bits per heavy atom. The predicted octanol–water partition coefficient (Wildman–Crippen LogP) is 2.46. The maximum absolute atomic E-state index is 9.72. The van der Waals surface area contributed by atoms with E-state index in [4.69, 9.17) is 16.3 Å². The third-order valence-electron chi connectivity index (χ3n) is 2.28. The fraction of sp³-hybridized carbons (Fsp3) is 0.400. The van der Waals surface area contributed by atoms with Gasteiger partial charge in [-0.3, -0.25) is 0 Å².